The van der Waals surface area contributed by atoms with E-state index in [1.165, 1.54) is 105 Å². The van der Waals surface area contributed by atoms with Crippen molar-refractivity contribution in [2.45, 2.75) is 70.4 Å². The third kappa shape index (κ3) is 24.7. The van der Waals surface area contributed by atoms with Crippen LogP contribution in [0.5, 0.6) is 0 Å². The van der Waals surface area contributed by atoms with Crippen LogP contribution >= 0.6 is 0 Å². The molecule has 26 N–H and O–H groups in total. The lowest BCUT2D eigenvalue weighted by Gasteiger charge is -2.24. The minimum atomic E-state index is -3.78. The fourth-order valence-corrected chi connectivity index (χ4v) is 14.8. The smallest absolute Gasteiger partial charge is 0.248 e. The minimum Gasteiger partial charge on any atom is -0.395 e. The molecule has 8 aromatic heterocycles. The topological polar surface area (TPSA) is 712 Å². The molecule has 52 heteroatoms. The fourth-order valence-electron chi connectivity index (χ4n) is 12.7. The highest BCUT2D eigenvalue weighted by Gasteiger charge is 2.24. The highest BCUT2D eigenvalue weighted by Crippen LogP contribution is 2.29. The lowest BCUT2D eigenvalue weighted by Crippen LogP contribution is -2.38. The van der Waals surface area contributed by atoms with Crippen LogP contribution in [0, 0.1) is 6.92 Å². The van der Waals surface area contributed by atoms with E-state index in [1.807, 2.05) is 72.5 Å². The lowest BCUT2D eigenvalue weighted by atomic mass is 10.1. The van der Waals surface area contributed by atoms with Crippen molar-refractivity contribution >= 4 is 134 Å². The number of anilines is 16. The average molecular weight is 1820 g/mol. The summed E-state index contributed by atoms with van der Waals surface area (Å²) in [6.07, 6.45) is 8.87. The quantitative estimate of drug-likeness (QED) is 0.0307. The van der Waals surface area contributed by atoms with Gasteiger partial charge < -0.3 is 85.5 Å². The second-order valence-corrected chi connectivity index (χ2v) is 34.5. The third-order valence-corrected chi connectivity index (χ3v) is 22.7. The molecule has 3 atom stereocenters. The summed E-state index contributed by atoms with van der Waals surface area (Å²) in [4.78, 5) is 53.0. The molecule has 0 saturated carbocycles. The standard InChI is InChI=1S/2C21H23N9O3S.2C17H22N10O2S/c1-33-12-17(14-5-3-2-4-6-14)27-18-11-19(25-13-24-18)30-20(22)28-21(29-30)26-15-7-9-16(10-8-15)34(23,31)32;22-20-27-21(26-16-6-8-17(9-7-16)34(23,32)33)28-30(20)19-12-18(24-14-25-19)29(10-11-31)13-15-4-2-1-3-5-15;1-10-14(23-12-6-7-20-8-12)21-9-22-15(10)27-16(18)25-17(26-27)24-11-2-4-13(5-3-11)30(19,28)29;18-16-25-17(24-11-3-5-13(6-4-11)30(19,28)29)26-27(16)15-8-14(21-10-22-15)23-12-2-1-7-20-9-12/h2-11,13,17H,12H2,1H3,(H2,23,31,32)(H,24,25,27)(H3,22,26,28,29);1-9,12,14,31H,10-11,13H2,(H2,23,32,33)(H3,22,26,27,28);2-5,9,12,20H,6-8H2,1H3,(H2,19,28,29)(H,21,22,23)(H3,18,24,25,26);3-6,8,10,12,20H,1-2,7,9H2,(H2,19,28,29)(H,21,22,23)(H3,18,24,25,26)/t17-;;;/m0.../s1. The summed E-state index contributed by atoms with van der Waals surface area (Å²) >= 11 is 0. The van der Waals surface area contributed by atoms with E-state index in [-0.39, 0.29) is 79.8 Å². The summed E-state index contributed by atoms with van der Waals surface area (Å²) in [5, 5.41) is 76.0. The zero-order valence-corrected chi connectivity index (χ0v) is 71.6. The monoisotopic (exact) mass is 1820 g/mol. The molecule has 14 aromatic rings. The van der Waals surface area contributed by atoms with Crippen LogP contribution in [0.3, 0.4) is 0 Å². The molecule has 6 aromatic carbocycles. The van der Waals surface area contributed by atoms with E-state index in [2.05, 4.69) is 128 Å². The number of sulfonamides is 4. The van der Waals surface area contributed by atoms with Crippen LogP contribution < -0.4 is 96.2 Å². The van der Waals surface area contributed by atoms with Gasteiger partial charge in [-0.15, -0.1) is 20.4 Å². The Labute approximate surface area is 732 Å². The van der Waals surface area contributed by atoms with E-state index in [9.17, 15) is 38.8 Å². The first-order chi connectivity index (χ1) is 61.3. The van der Waals surface area contributed by atoms with E-state index in [0.717, 1.165) is 67.9 Å². The second kappa shape index (κ2) is 40.9. The molecule has 2 aliphatic heterocycles. The maximum atomic E-state index is 11.4. The van der Waals surface area contributed by atoms with Gasteiger partial charge in [0.2, 0.25) is 87.7 Å². The predicted molar refractivity (Wildman–Crippen MR) is 478 cm³/mol. The zero-order valence-electron chi connectivity index (χ0n) is 68.3. The highest BCUT2D eigenvalue weighted by molar-refractivity contribution is 7.90. The van der Waals surface area contributed by atoms with E-state index in [0.29, 0.717) is 95.3 Å². The first-order valence-corrected chi connectivity index (χ1v) is 45.0. The molecule has 0 radical (unpaired) electrons. The number of nitrogens with two attached hydrogens (primary N) is 8. The number of nitrogen functional groups attached to an aromatic ring is 4. The second-order valence-electron chi connectivity index (χ2n) is 28.2. The number of primary sulfonamides is 4. The van der Waals surface area contributed by atoms with Crippen LogP contribution in [0.1, 0.15) is 42.0 Å². The number of benzene rings is 6. The van der Waals surface area contributed by atoms with Crippen molar-refractivity contribution in [2.24, 2.45) is 20.6 Å². The first kappa shape index (κ1) is 91.0. The molecular weight excluding hydrogens is 1730 g/mol. The number of hydrogen-bond acceptors (Lipinski definition) is 40. The number of nitrogens with zero attached hydrogens (tertiary/aromatic N) is 21. The van der Waals surface area contributed by atoms with Crippen molar-refractivity contribution in [3.63, 3.8) is 0 Å². The molecule has 0 spiro atoms. The number of aliphatic hydroxyl groups excluding tert-OH is 1. The molecule has 2 saturated heterocycles. The zero-order chi connectivity index (χ0) is 90.7. The molecular formula is C76H90N38O10S4. The van der Waals surface area contributed by atoms with E-state index < -0.39 is 40.1 Å². The van der Waals surface area contributed by atoms with Gasteiger partial charge >= 0.3 is 0 Å². The molecule has 0 amide bonds. The van der Waals surface area contributed by atoms with Crippen molar-refractivity contribution in [3.05, 3.63) is 218 Å². The van der Waals surface area contributed by atoms with Gasteiger partial charge in [0, 0.05) is 91.9 Å². The van der Waals surface area contributed by atoms with E-state index >= 15 is 0 Å². The Morgan fingerprint density at radius 3 is 1.30 bits per heavy atom. The van der Waals surface area contributed by atoms with Crippen LogP contribution in [0.15, 0.2) is 221 Å². The number of aliphatic hydroxyl groups is 1. The van der Waals surface area contributed by atoms with Gasteiger partial charge in [-0.25, -0.2) is 94.1 Å². The number of rotatable bonds is 30. The molecule has 16 rings (SSSR count). The van der Waals surface area contributed by atoms with Crippen molar-refractivity contribution in [2.75, 3.05) is 118 Å². The summed E-state index contributed by atoms with van der Waals surface area (Å²) in [5.74, 6) is 5.68. The molecule has 0 bridgehead atoms. The number of aromatic nitrogens is 20. The van der Waals surface area contributed by atoms with Gasteiger partial charge in [0.25, 0.3) is 0 Å². The molecule has 2 aliphatic rings. The Kier molecular flexibility index (Phi) is 29.1. The predicted octanol–water partition coefficient (Wildman–Crippen LogP) is 3.17. The van der Waals surface area contributed by atoms with Crippen LogP contribution in [-0.4, -0.2) is 203 Å². The van der Waals surface area contributed by atoms with Gasteiger partial charge in [0.05, 0.1) is 38.8 Å². The summed E-state index contributed by atoms with van der Waals surface area (Å²) in [7, 11) is -13.4. The van der Waals surface area contributed by atoms with Crippen LogP contribution in [0.4, 0.5) is 93.6 Å². The number of methoxy groups -OCH3 is 1. The van der Waals surface area contributed by atoms with Crippen molar-refractivity contribution in [1.82, 2.24) is 110 Å². The third-order valence-electron chi connectivity index (χ3n) is 19.0. The molecule has 2 unspecified atom stereocenters. The largest absolute Gasteiger partial charge is 0.395 e. The maximum absolute atomic E-state index is 11.4. The van der Waals surface area contributed by atoms with Crippen molar-refractivity contribution in [1.29, 1.82) is 0 Å². The van der Waals surface area contributed by atoms with Gasteiger partial charge in [-0.2, -0.15) is 38.7 Å². The summed E-state index contributed by atoms with van der Waals surface area (Å²) in [5.41, 5.74) is 29.3. The van der Waals surface area contributed by atoms with Crippen LogP contribution in [-0.2, 0) is 51.4 Å². The Balaban J connectivity index is 0.000000146. The molecule has 2 fully saturated rings. The van der Waals surface area contributed by atoms with Gasteiger partial charge in [-0.05, 0) is 147 Å². The highest BCUT2D eigenvalue weighted by atomic mass is 32.2. The van der Waals surface area contributed by atoms with Crippen LogP contribution in [0.2, 0.25) is 0 Å². The number of nitrogens with one attached hydrogen (secondary N) is 9. The Hall–Kier alpha value is -14.7. The Morgan fingerprint density at radius 2 is 0.867 bits per heavy atom. The SMILES string of the molecule is COC[C@H](Nc1cc(-n2nc(Nc3ccc(S(N)(=O)=O)cc3)nc2N)ncn1)c1ccccc1.Cc1c(NC2CCNC2)ncnc1-n1nc(Nc2ccc(S(N)(=O)=O)cc2)nc1N.Nc1nc(Nc2ccc(S(N)(=O)=O)cc2)nn1-c1cc(N(CCO)Cc2ccccc2)ncn1.Nc1nc(Nc2ccc(S(N)(=O)=O)cc2)nn1-c1cc(NC2CCCNC2)ncn1. The van der Waals surface area contributed by atoms with Crippen molar-refractivity contribution < 1.29 is 43.5 Å². The molecule has 0 aliphatic carbocycles. The summed E-state index contributed by atoms with van der Waals surface area (Å²) in [6, 6.07) is 48.8. The van der Waals surface area contributed by atoms with E-state index in [1.54, 1.807) is 61.7 Å². The van der Waals surface area contributed by atoms with Gasteiger partial charge in [-0.1, -0.05) is 60.7 Å². The molecule has 48 nitrogen and oxygen atoms in total. The Bertz CT molecular complexity index is 6580. The van der Waals surface area contributed by atoms with Gasteiger partial charge in [0.1, 0.15) is 48.6 Å². The molecule has 128 heavy (non-hydrogen) atoms. The van der Waals surface area contributed by atoms with E-state index in [4.69, 9.17) is 48.2 Å². The van der Waals surface area contributed by atoms with Crippen LogP contribution in [0.25, 0.3) is 23.3 Å². The lowest BCUT2D eigenvalue weighted by molar-refractivity contribution is 0.186. The average Bonchev–Trinajstić information content (AvgIpc) is 1.61. The van der Waals surface area contributed by atoms with Crippen molar-refractivity contribution in [3.8, 4) is 23.3 Å². The minimum absolute atomic E-state index is 0.000604. The summed E-state index contributed by atoms with van der Waals surface area (Å²) < 4.78 is 102. The normalized spacial score (nSPS) is 14.1. The molecule has 668 valence electrons. The first-order valence-electron chi connectivity index (χ1n) is 38.8. The van der Waals surface area contributed by atoms with Gasteiger partial charge in [0.15, 0.2) is 23.3 Å². The maximum Gasteiger partial charge on any atom is 0.248 e. The number of piperidine rings is 1. The number of hydrogen-bond donors (Lipinski definition) is 18. The fraction of sp³-hybridized carbons (Fsp3) is 0.211. The number of ether oxygens (including phenoxy) is 1. The summed E-state index contributed by atoms with van der Waals surface area (Å²) in [6.45, 7) is 6.96. The molecule has 10 heterocycles. The Morgan fingerprint density at radius 1 is 0.469 bits per heavy atom. The van der Waals surface area contributed by atoms with Gasteiger partial charge in [-0.3, -0.25) is 0 Å².